The number of anilines is 1. The number of carbonyl (C=O) groups is 3. The second-order valence-corrected chi connectivity index (χ2v) is 11.0. The van der Waals surface area contributed by atoms with Crippen LogP contribution in [0.15, 0.2) is 0 Å². The van der Waals surface area contributed by atoms with E-state index in [9.17, 15) is 14.4 Å². The zero-order valence-corrected chi connectivity index (χ0v) is 25.0. The molecule has 14 heteroatoms. The third-order valence-corrected chi connectivity index (χ3v) is 6.32. The molecule has 230 valence electrons. The van der Waals surface area contributed by atoms with E-state index >= 15 is 0 Å². The van der Waals surface area contributed by atoms with Crippen molar-refractivity contribution in [1.82, 2.24) is 14.1 Å². The number of terminal acetylenes is 1. The number of rotatable bonds is 18. The van der Waals surface area contributed by atoms with Gasteiger partial charge in [0.1, 0.15) is 31.8 Å². The number of esters is 3. The molecule has 0 aromatic carbocycles. The molecule has 1 unspecified atom stereocenters. The summed E-state index contributed by atoms with van der Waals surface area (Å²) in [6.45, 7) is 8.43. The number of aromatic nitrogens is 2. The first-order valence-electron chi connectivity index (χ1n) is 13.8. The predicted molar refractivity (Wildman–Crippen MR) is 152 cm³/mol. The molecule has 1 fully saturated rings. The predicted octanol–water partition coefficient (Wildman–Crippen LogP) is 1.30. The Bertz CT molecular complexity index is 987. The average molecular weight is 598 g/mol. The van der Waals surface area contributed by atoms with Gasteiger partial charge in [-0.1, -0.05) is 0 Å². The molecule has 2 rings (SSSR count). The number of nitrogens with zero attached hydrogens (tertiary/aromatic N) is 3. The summed E-state index contributed by atoms with van der Waals surface area (Å²) in [5.41, 5.74) is 5.19. The van der Waals surface area contributed by atoms with Crippen molar-refractivity contribution in [2.45, 2.75) is 64.5 Å². The van der Waals surface area contributed by atoms with Crippen molar-refractivity contribution in [1.29, 1.82) is 0 Å². The highest BCUT2D eigenvalue weighted by atomic mass is 32.1. The summed E-state index contributed by atoms with van der Waals surface area (Å²) in [5.74, 6) is 0.690. The number of nitrogens with two attached hydrogens (primary N) is 1. The van der Waals surface area contributed by atoms with Crippen LogP contribution in [0.3, 0.4) is 0 Å². The molecule has 0 spiro atoms. The van der Waals surface area contributed by atoms with Gasteiger partial charge in [-0.2, -0.15) is 4.37 Å². The summed E-state index contributed by atoms with van der Waals surface area (Å²) in [5, 5.41) is 3.31. The first-order chi connectivity index (χ1) is 19.6. The maximum absolute atomic E-state index is 13.3. The molecule has 0 saturated carbocycles. The molecule has 1 aromatic rings. The number of morpholine rings is 1. The van der Waals surface area contributed by atoms with Crippen molar-refractivity contribution in [3.05, 3.63) is 0 Å². The monoisotopic (exact) mass is 597 g/mol. The van der Waals surface area contributed by atoms with Crippen molar-refractivity contribution < 1.29 is 38.1 Å². The number of unbranched alkanes of at least 4 members (excludes halogenated alkanes) is 1. The van der Waals surface area contributed by atoms with Crippen LogP contribution < -0.4 is 20.7 Å². The van der Waals surface area contributed by atoms with Gasteiger partial charge < -0.3 is 39.6 Å². The molecule has 0 aliphatic carbocycles. The van der Waals surface area contributed by atoms with Crippen LogP contribution in [0.2, 0.25) is 0 Å². The topological polar surface area (TPSA) is 164 Å². The Morgan fingerprint density at radius 1 is 1.10 bits per heavy atom. The number of hydrogen-bond acceptors (Lipinski definition) is 14. The van der Waals surface area contributed by atoms with E-state index in [1.807, 2.05) is 25.7 Å². The van der Waals surface area contributed by atoms with Gasteiger partial charge in [0.05, 0.1) is 24.9 Å². The van der Waals surface area contributed by atoms with Crippen LogP contribution in [0.4, 0.5) is 5.82 Å². The number of hydrogen-bond donors (Lipinski definition) is 2. The third-order valence-electron chi connectivity index (χ3n) is 5.81. The summed E-state index contributed by atoms with van der Waals surface area (Å²) in [6.07, 6.45) is 6.08. The van der Waals surface area contributed by atoms with Crippen LogP contribution in [0, 0.1) is 18.3 Å². The highest BCUT2D eigenvalue weighted by molar-refractivity contribution is 6.99. The molecule has 0 amide bonds. The highest BCUT2D eigenvalue weighted by Crippen LogP contribution is 2.26. The number of carbonyl (C=O) groups excluding carboxylic acids is 3. The fourth-order valence-electron chi connectivity index (χ4n) is 3.52. The third kappa shape index (κ3) is 14.0. The van der Waals surface area contributed by atoms with Gasteiger partial charge >= 0.3 is 17.9 Å². The minimum atomic E-state index is -1.03. The summed E-state index contributed by atoms with van der Waals surface area (Å²) in [4.78, 5) is 39.5. The van der Waals surface area contributed by atoms with Crippen LogP contribution in [0.25, 0.3) is 0 Å². The Morgan fingerprint density at radius 3 is 2.37 bits per heavy atom. The standard InChI is InChI=1S/C27H43N5O8S/c1-5-6-7-9-22(33)37-17-20(18-38-23(34)10-8-11-28)26(35)40-21(16-29-27(2,3)4)19-39-25-24(30-41-31-25)32-12-14-36-15-13-32/h1,20-21,29H,6-19,28H2,2-4H3/t20?,21-/m0/s1. The van der Waals surface area contributed by atoms with Crippen LogP contribution >= 0.6 is 11.7 Å². The quantitative estimate of drug-likeness (QED) is 0.108. The molecule has 41 heavy (non-hydrogen) atoms. The van der Waals surface area contributed by atoms with Crippen molar-refractivity contribution in [3.63, 3.8) is 0 Å². The van der Waals surface area contributed by atoms with Crippen LogP contribution in [0.1, 0.15) is 52.9 Å². The van der Waals surface area contributed by atoms with Gasteiger partial charge in [-0.05, 0) is 40.2 Å². The van der Waals surface area contributed by atoms with Gasteiger partial charge in [0.25, 0.3) is 5.88 Å². The zero-order valence-electron chi connectivity index (χ0n) is 24.2. The summed E-state index contributed by atoms with van der Waals surface area (Å²) in [7, 11) is 0. The van der Waals surface area contributed by atoms with E-state index in [1.165, 1.54) is 0 Å². The Kier molecular flexibility index (Phi) is 15.4. The smallest absolute Gasteiger partial charge is 0.316 e. The lowest BCUT2D eigenvalue weighted by atomic mass is 10.1. The molecule has 0 radical (unpaired) electrons. The molecular weight excluding hydrogens is 554 g/mol. The fourth-order valence-corrected chi connectivity index (χ4v) is 4.04. The largest absolute Gasteiger partial charge is 0.470 e. The summed E-state index contributed by atoms with van der Waals surface area (Å²) < 4.78 is 36.4. The Hall–Kier alpha value is -2.99. The number of nitrogens with one attached hydrogen (secondary N) is 1. The first-order valence-corrected chi connectivity index (χ1v) is 14.5. The van der Waals surface area contributed by atoms with Crippen LogP contribution in [-0.2, 0) is 33.3 Å². The van der Waals surface area contributed by atoms with E-state index in [2.05, 4.69) is 20.0 Å². The zero-order chi connectivity index (χ0) is 30.1. The molecule has 1 aromatic heterocycles. The molecule has 1 aliphatic heterocycles. The molecule has 0 bridgehead atoms. The van der Waals surface area contributed by atoms with Gasteiger partial charge in [-0.15, -0.1) is 16.7 Å². The molecule has 1 aliphatic rings. The van der Waals surface area contributed by atoms with E-state index in [0.29, 0.717) is 63.8 Å². The molecular formula is C27H43N5O8S. The first kappa shape index (κ1) is 34.2. The molecule has 13 nitrogen and oxygen atoms in total. The van der Waals surface area contributed by atoms with Gasteiger partial charge in [0.2, 0.25) is 5.82 Å². The summed E-state index contributed by atoms with van der Waals surface area (Å²) in [6, 6.07) is 0. The highest BCUT2D eigenvalue weighted by Gasteiger charge is 2.29. The van der Waals surface area contributed by atoms with Gasteiger partial charge in [-0.25, -0.2) is 0 Å². The second kappa shape index (κ2) is 18.4. The molecule has 1 saturated heterocycles. The van der Waals surface area contributed by atoms with E-state index in [-0.39, 0.29) is 44.7 Å². The van der Waals surface area contributed by atoms with E-state index in [0.717, 1.165) is 11.7 Å². The van der Waals surface area contributed by atoms with Gasteiger partial charge in [-0.3, -0.25) is 14.4 Å². The van der Waals surface area contributed by atoms with E-state index in [1.54, 1.807) is 0 Å². The van der Waals surface area contributed by atoms with Crippen molar-refractivity contribution in [2.24, 2.45) is 11.7 Å². The van der Waals surface area contributed by atoms with Crippen molar-refractivity contribution >= 4 is 35.5 Å². The maximum atomic E-state index is 13.3. The van der Waals surface area contributed by atoms with Crippen molar-refractivity contribution in [3.8, 4) is 18.2 Å². The molecule has 3 N–H and O–H groups in total. The molecule has 2 heterocycles. The summed E-state index contributed by atoms with van der Waals surface area (Å²) >= 11 is 1.03. The maximum Gasteiger partial charge on any atom is 0.316 e. The van der Waals surface area contributed by atoms with Crippen molar-refractivity contribution in [2.75, 3.05) is 64.1 Å². The average Bonchev–Trinajstić information content (AvgIpc) is 3.42. The Labute approximate surface area is 246 Å². The lowest BCUT2D eigenvalue weighted by Gasteiger charge is -2.28. The lowest BCUT2D eigenvalue weighted by Crippen LogP contribution is -2.45. The van der Waals surface area contributed by atoms with Crippen LogP contribution in [-0.4, -0.2) is 97.5 Å². The SMILES string of the molecule is C#CCCCC(=O)OCC(COC(=O)CCCN)C(=O)O[C@@H](CNC(C)(C)C)COc1nsnc1N1CCOCC1. The van der Waals surface area contributed by atoms with Crippen LogP contribution in [0.5, 0.6) is 5.88 Å². The van der Waals surface area contributed by atoms with E-state index in [4.69, 9.17) is 35.8 Å². The normalized spacial score (nSPS) is 15.0. The Morgan fingerprint density at radius 2 is 1.76 bits per heavy atom. The van der Waals surface area contributed by atoms with E-state index < -0.39 is 29.9 Å². The molecule has 2 atom stereocenters. The number of ether oxygens (including phenoxy) is 5. The fraction of sp³-hybridized carbons (Fsp3) is 0.741. The second-order valence-electron chi connectivity index (χ2n) is 10.5. The van der Waals surface area contributed by atoms with Gasteiger partial charge in [0.15, 0.2) is 0 Å². The lowest BCUT2D eigenvalue weighted by molar-refractivity contribution is -0.165. The minimum absolute atomic E-state index is 0.00748. The van der Waals surface area contributed by atoms with Gasteiger partial charge in [0, 0.05) is 44.4 Å². The minimum Gasteiger partial charge on any atom is -0.470 e. The Balaban J connectivity index is 2.07.